The number of aromatic nitrogens is 2. The van der Waals surface area contributed by atoms with E-state index in [0.29, 0.717) is 6.04 Å². The molecule has 1 aliphatic carbocycles. The summed E-state index contributed by atoms with van der Waals surface area (Å²) >= 11 is 0. The van der Waals surface area contributed by atoms with Gasteiger partial charge in [-0.3, -0.25) is 4.90 Å². The topological polar surface area (TPSA) is 54.2 Å². The molecule has 0 aromatic carbocycles. The number of nitrogens with zero attached hydrogens (tertiary/aromatic N) is 3. The molecule has 16 heavy (non-hydrogen) atoms. The van der Waals surface area contributed by atoms with E-state index in [4.69, 9.17) is 4.52 Å². The first-order chi connectivity index (χ1) is 7.92. The third-order valence-electron chi connectivity index (χ3n) is 3.43. The van der Waals surface area contributed by atoms with E-state index in [2.05, 4.69) is 20.4 Å². The van der Waals surface area contributed by atoms with Crippen LogP contribution in [0.1, 0.15) is 31.5 Å². The fourth-order valence-electron chi connectivity index (χ4n) is 2.42. The molecule has 5 nitrogen and oxygen atoms in total. The quantitative estimate of drug-likeness (QED) is 0.798. The van der Waals surface area contributed by atoms with Crippen molar-refractivity contribution in [2.45, 2.75) is 44.3 Å². The SMILES string of the molecule is c1nc(CN(CC2CCCN2)C2CC2)no1. The summed E-state index contributed by atoms with van der Waals surface area (Å²) in [4.78, 5) is 6.59. The lowest BCUT2D eigenvalue weighted by molar-refractivity contribution is 0.222. The second-order valence-corrected chi connectivity index (χ2v) is 4.80. The summed E-state index contributed by atoms with van der Waals surface area (Å²) in [6.45, 7) is 3.13. The first-order valence-electron chi connectivity index (χ1n) is 6.14. The van der Waals surface area contributed by atoms with Gasteiger partial charge in [0.05, 0.1) is 6.54 Å². The molecule has 1 saturated carbocycles. The molecule has 0 spiro atoms. The first-order valence-corrected chi connectivity index (χ1v) is 6.14. The molecule has 3 rings (SSSR count). The van der Waals surface area contributed by atoms with Crippen molar-refractivity contribution in [1.82, 2.24) is 20.4 Å². The largest absolute Gasteiger partial charge is 0.343 e. The predicted octanol–water partition coefficient (Wildman–Crippen LogP) is 0.786. The minimum atomic E-state index is 0.660. The fourth-order valence-corrected chi connectivity index (χ4v) is 2.42. The van der Waals surface area contributed by atoms with Crippen LogP contribution in [0.5, 0.6) is 0 Å². The van der Waals surface area contributed by atoms with Gasteiger partial charge in [-0.15, -0.1) is 0 Å². The molecule has 1 saturated heterocycles. The van der Waals surface area contributed by atoms with Crippen molar-refractivity contribution >= 4 is 0 Å². The second-order valence-electron chi connectivity index (χ2n) is 4.80. The average Bonchev–Trinajstić information content (AvgIpc) is 2.79. The zero-order valence-electron chi connectivity index (χ0n) is 9.43. The standard InChI is InChI=1S/C11H18N4O/c1-2-9(12-5-1)6-15(10-3-4-10)7-11-13-8-16-14-11/h8-10,12H,1-7H2. The third kappa shape index (κ3) is 2.41. The zero-order valence-corrected chi connectivity index (χ0v) is 9.43. The Hall–Kier alpha value is -0.940. The lowest BCUT2D eigenvalue weighted by atomic mass is 10.2. The molecular formula is C11H18N4O. The molecule has 5 heteroatoms. The molecule has 1 aromatic heterocycles. The molecule has 1 unspecified atom stereocenters. The summed E-state index contributed by atoms with van der Waals surface area (Å²) in [6, 6.07) is 1.41. The van der Waals surface area contributed by atoms with Crippen molar-refractivity contribution in [1.29, 1.82) is 0 Å². The Morgan fingerprint density at radius 3 is 3.00 bits per heavy atom. The highest BCUT2D eigenvalue weighted by molar-refractivity contribution is 4.91. The lowest BCUT2D eigenvalue weighted by Gasteiger charge is -2.23. The van der Waals surface area contributed by atoms with Gasteiger partial charge < -0.3 is 9.84 Å². The van der Waals surface area contributed by atoms with Gasteiger partial charge in [0, 0.05) is 18.6 Å². The van der Waals surface area contributed by atoms with Gasteiger partial charge in [-0.2, -0.15) is 4.98 Å². The van der Waals surface area contributed by atoms with Crippen LogP contribution in [0.2, 0.25) is 0 Å². The number of hydrogen-bond donors (Lipinski definition) is 1. The highest BCUT2D eigenvalue weighted by atomic mass is 16.5. The molecule has 0 bridgehead atoms. The first kappa shape index (κ1) is 10.2. The molecule has 1 aromatic rings. The predicted molar refractivity (Wildman–Crippen MR) is 58.8 cm³/mol. The molecule has 1 aliphatic heterocycles. The van der Waals surface area contributed by atoms with E-state index in [1.54, 1.807) is 0 Å². The number of rotatable bonds is 5. The van der Waals surface area contributed by atoms with E-state index >= 15 is 0 Å². The van der Waals surface area contributed by atoms with Gasteiger partial charge in [0.25, 0.3) is 0 Å². The van der Waals surface area contributed by atoms with Gasteiger partial charge in [-0.05, 0) is 32.2 Å². The van der Waals surface area contributed by atoms with Crippen LogP contribution < -0.4 is 5.32 Å². The normalized spacial score (nSPS) is 25.4. The summed E-state index contributed by atoms with van der Waals surface area (Å²) in [5, 5.41) is 7.44. The minimum absolute atomic E-state index is 0.660. The maximum absolute atomic E-state index is 4.78. The van der Waals surface area contributed by atoms with Crippen LogP contribution in [0.3, 0.4) is 0 Å². The fraction of sp³-hybridized carbons (Fsp3) is 0.818. The van der Waals surface area contributed by atoms with Crippen LogP contribution in [0.15, 0.2) is 10.9 Å². The van der Waals surface area contributed by atoms with E-state index in [9.17, 15) is 0 Å². The van der Waals surface area contributed by atoms with Gasteiger partial charge in [-0.1, -0.05) is 5.16 Å². The number of nitrogens with one attached hydrogen (secondary N) is 1. The minimum Gasteiger partial charge on any atom is -0.343 e. The average molecular weight is 222 g/mol. The Balaban J connectivity index is 1.57. The van der Waals surface area contributed by atoms with Crippen LogP contribution in [0.4, 0.5) is 0 Å². The van der Waals surface area contributed by atoms with Crippen LogP contribution in [0.25, 0.3) is 0 Å². The highest BCUT2D eigenvalue weighted by Crippen LogP contribution is 2.28. The Morgan fingerprint density at radius 1 is 1.44 bits per heavy atom. The summed E-state index contributed by atoms with van der Waals surface area (Å²) in [5.41, 5.74) is 0. The van der Waals surface area contributed by atoms with Crippen molar-refractivity contribution in [2.75, 3.05) is 13.1 Å². The molecule has 1 atom stereocenters. The third-order valence-corrected chi connectivity index (χ3v) is 3.43. The zero-order chi connectivity index (χ0) is 10.8. The van der Waals surface area contributed by atoms with Crippen LogP contribution >= 0.6 is 0 Å². The van der Waals surface area contributed by atoms with Crippen molar-refractivity contribution in [2.24, 2.45) is 0 Å². The van der Waals surface area contributed by atoms with Gasteiger partial charge in [-0.25, -0.2) is 0 Å². The van der Waals surface area contributed by atoms with Gasteiger partial charge in [0.2, 0.25) is 6.39 Å². The van der Waals surface area contributed by atoms with Crippen molar-refractivity contribution < 1.29 is 4.52 Å². The maximum atomic E-state index is 4.78. The van der Waals surface area contributed by atoms with E-state index in [1.807, 2.05) is 0 Å². The molecule has 0 amide bonds. The molecule has 2 aliphatic rings. The van der Waals surface area contributed by atoms with Crippen molar-refractivity contribution in [3.63, 3.8) is 0 Å². The second kappa shape index (κ2) is 4.51. The summed E-state index contributed by atoms with van der Waals surface area (Å²) in [5.74, 6) is 0.810. The smallest absolute Gasteiger partial charge is 0.213 e. The molecule has 2 heterocycles. The van der Waals surface area contributed by atoms with E-state index < -0.39 is 0 Å². The van der Waals surface area contributed by atoms with Gasteiger partial charge >= 0.3 is 0 Å². The van der Waals surface area contributed by atoms with Crippen molar-refractivity contribution in [3.8, 4) is 0 Å². The molecular weight excluding hydrogens is 204 g/mol. The van der Waals surface area contributed by atoms with Crippen LogP contribution in [-0.2, 0) is 6.54 Å². The highest BCUT2D eigenvalue weighted by Gasteiger charge is 2.31. The van der Waals surface area contributed by atoms with Gasteiger partial charge in [0.1, 0.15) is 0 Å². The summed E-state index contributed by atoms with van der Waals surface area (Å²) in [6.07, 6.45) is 6.67. The summed E-state index contributed by atoms with van der Waals surface area (Å²) in [7, 11) is 0. The molecule has 1 N–H and O–H groups in total. The van der Waals surface area contributed by atoms with Crippen molar-refractivity contribution in [3.05, 3.63) is 12.2 Å². The maximum Gasteiger partial charge on any atom is 0.213 e. The number of hydrogen-bond acceptors (Lipinski definition) is 5. The van der Waals surface area contributed by atoms with E-state index in [-0.39, 0.29) is 0 Å². The van der Waals surface area contributed by atoms with Crippen LogP contribution in [-0.4, -0.2) is 40.2 Å². The molecule has 0 radical (unpaired) electrons. The Morgan fingerprint density at radius 2 is 2.38 bits per heavy atom. The van der Waals surface area contributed by atoms with Gasteiger partial charge in [0.15, 0.2) is 5.82 Å². The molecule has 2 fully saturated rings. The molecule has 88 valence electrons. The Bertz CT molecular complexity index is 317. The monoisotopic (exact) mass is 222 g/mol. The van der Waals surface area contributed by atoms with Crippen LogP contribution in [0, 0.1) is 0 Å². The van der Waals surface area contributed by atoms with E-state index in [0.717, 1.165) is 25.0 Å². The van der Waals surface area contributed by atoms with E-state index in [1.165, 1.54) is 38.6 Å². The Labute approximate surface area is 95.2 Å². The summed E-state index contributed by atoms with van der Waals surface area (Å²) < 4.78 is 4.78. The Kier molecular flexibility index (Phi) is 2.88. The lowest BCUT2D eigenvalue weighted by Crippen LogP contribution is -2.38.